The van der Waals surface area contributed by atoms with Crippen LogP contribution in [0.25, 0.3) is 11.4 Å². The number of aromatic nitrogens is 5. The molecule has 0 spiro atoms. The Bertz CT molecular complexity index is 810. The Morgan fingerprint density at radius 1 is 1.12 bits per heavy atom. The molecule has 0 saturated heterocycles. The van der Waals surface area contributed by atoms with E-state index in [1.165, 1.54) is 5.56 Å². The van der Waals surface area contributed by atoms with Crippen LogP contribution in [-0.4, -0.2) is 31.7 Å². The van der Waals surface area contributed by atoms with Crippen LogP contribution in [0, 0.1) is 20.8 Å². The van der Waals surface area contributed by atoms with E-state index < -0.39 is 0 Å². The van der Waals surface area contributed by atoms with Crippen LogP contribution in [0.4, 0.5) is 5.82 Å². The lowest BCUT2D eigenvalue weighted by Gasteiger charge is -2.12. The molecule has 6 heteroatoms. The highest BCUT2D eigenvalue weighted by molar-refractivity contribution is 5.58. The molecule has 0 atom stereocenters. The van der Waals surface area contributed by atoms with E-state index >= 15 is 0 Å². The number of aromatic amines is 1. The molecule has 3 rings (SSSR count). The average molecular weight is 322 g/mol. The molecular weight excluding hydrogens is 300 g/mol. The highest BCUT2D eigenvalue weighted by Gasteiger charge is 2.09. The molecule has 0 bridgehead atoms. The predicted molar refractivity (Wildman–Crippen MR) is 94.9 cm³/mol. The van der Waals surface area contributed by atoms with E-state index in [0.29, 0.717) is 5.82 Å². The minimum Gasteiger partial charge on any atom is -0.370 e. The van der Waals surface area contributed by atoms with Crippen molar-refractivity contribution >= 4 is 5.82 Å². The van der Waals surface area contributed by atoms with Crippen LogP contribution in [-0.2, 0) is 6.42 Å². The highest BCUT2D eigenvalue weighted by Crippen LogP contribution is 2.21. The van der Waals surface area contributed by atoms with Gasteiger partial charge in [-0.25, -0.2) is 9.97 Å². The van der Waals surface area contributed by atoms with Gasteiger partial charge < -0.3 is 5.32 Å². The van der Waals surface area contributed by atoms with Crippen molar-refractivity contribution in [1.82, 2.24) is 25.1 Å². The number of hydrogen-bond acceptors (Lipinski definition) is 5. The van der Waals surface area contributed by atoms with Crippen LogP contribution >= 0.6 is 0 Å². The molecule has 0 aliphatic carbocycles. The van der Waals surface area contributed by atoms with Gasteiger partial charge in [-0.3, -0.25) is 10.1 Å². The Kier molecular flexibility index (Phi) is 4.84. The van der Waals surface area contributed by atoms with Crippen LogP contribution in [0.5, 0.6) is 0 Å². The molecule has 24 heavy (non-hydrogen) atoms. The van der Waals surface area contributed by atoms with Gasteiger partial charge in [0.1, 0.15) is 5.82 Å². The quantitative estimate of drug-likeness (QED) is 0.681. The molecule has 3 heterocycles. The molecule has 124 valence electrons. The van der Waals surface area contributed by atoms with Crippen molar-refractivity contribution in [2.45, 2.75) is 33.6 Å². The van der Waals surface area contributed by atoms with Crippen LogP contribution in [0.3, 0.4) is 0 Å². The van der Waals surface area contributed by atoms with Gasteiger partial charge >= 0.3 is 0 Å². The molecule has 0 unspecified atom stereocenters. The molecule has 0 aliphatic rings. The van der Waals surface area contributed by atoms with Gasteiger partial charge in [0.2, 0.25) is 0 Å². The first-order valence-corrected chi connectivity index (χ1v) is 8.13. The topological polar surface area (TPSA) is 79.4 Å². The van der Waals surface area contributed by atoms with Crippen LogP contribution in [0.2, 0.25) is 0 Å². The van der Waals surface area contributed by atoms with E-state index in [9.17, 15) is 0 Å². The standard InChI is InChI=1S/C18H22N6/c1-12-13(2)22-18(16-7-4-8-19-10-16)23-17(12)20-9-5-6-15-11-21-24-14(15)3/h4,7-8,10-11H,5-6,9H2,1-3H3,(H,21,24)(H,20,22,23). The van der Waals surface area contributed by atoms with Gasteiger partial charge in [-0.15, -0.1) is 0 Å². The summed E-state index contributed by atoms with van der Waals surface area (Å²) in [5, 5.41) is 10.5. The number of anilines is 1. The van der Waals surface area contributed by atoms with Gasteiger partial charge in [-0.2, -0.15) is 5.10 Å². The Hall–Kier alpha value is -2.76. The molecule has 0 radical (unpaired) electrons. The Morgan fingerprint density at radius 2 is 2.00 bits per heavy atom. The second-order valence-corrected chi connectivity index (χ2v) is 5.90. The Labute approximate surface area is 141 Å². The van der Waals surface area contributed by atoms with Crippen molar-refractivity contribution in [1.29, 1.82) is 0 Å². The summed E-state index contributed by atoms with van der Waals surface area (Å²) in [5.41, 5.74) is 5.41. The molecule has 3 aromatic heterocycles. The molecule has 2 N–H and O–H groups in total. The summed E-state index contributed by atoms with van der Waals surface area (Å²) in [4.78, 5) is 13.4. The third-order valence-electron chi connectivity index (χ3n) is 4.16. The first-order valence-electron chi connectivity index (χ1n) is 8.13. The minimum atomic E-state index is 0.708. The third-order valence-corrected chi connectivity index (χ3v) is 4.16. The fourth-order valence-corrected chi connectivity index (χ4v) is 2.54. The van der Waals surface area contributed by atoms with Gasteiger partial charge in [-0.1, -0.05) is 0 Å². The highest BCUT2D eigenvalue weighted by atomic mass is 15.1. The summed E-state index contributed by atoms with van der Waals surface area (Å²) < 4.78 is 0. The molecular formula is C18H22N6. The maximum absolute atomic E-state index is 4.67. The lowest BCUT2D eigenvalue weighted by molar-refractivity contribution is 0.850. The normalized spacial score (nSPS) is 10.8. The average Bonchev–Trinajstić information content (AvgIpc) is 3.01. The first-order chi connectivity index (χ1) is 11.6. The summed E-state index contributed by atoms with van der Waals surface area (Å²) in [6.07, 6.45) is 7.45. The smallest absolute Gasteiger partial charge is 0.163 e. The van der Waals surface area contributed by atoms with E-state index in [0.717, 1.165) is 47.7 Å². The molecule has 6 nitrogen and oxygen atoms in total. The molecule has 0 fully saturated rings. The second-order valence-electron chi connectivity index (χ2n) is 5.90. The number of H-pyrrole nitrogens is 1. The van der Waals surface area contributed by atoms with Crippen LogP contribution in [0.1, 0.15) is 28.9 Å². The van der Waals surface area contributed by atoms with E-state index in [1.54, 1.807) is 12.4 Å². The third kappa shape index (κ3) is 3.59. The zero-order chi connectivity index (χ0) is 16.9. The zero-order valence-electron chi connectivity index (χ0n) is 14.3. The van der Waals surface area contributed by atoms with Crippen molar-refractivity contribution < 1.29 is 0 Å². The summed E-state index contributed by atoms with van der Waals surface area (Å²) >= 11 is 0. The predicted octanol–water partition coefficient (Wildman–Crippen LogP) is 3.23. The number of nitrogens with zero attached hydrogens (tertiary/aromatic N) is 4. The number of aryl methyl sites for hydroxylation is 3. The maximum atomic E-state index is 4.67. The fraction of sp³-hybridized carbons (Fsp3) is 0.333. The largest absolute Gasteiger partial charge is 0.370 e. The lowest BCUT2D eigenvalue weighted by Crippen LogP contribution is -2.09. The number of rotatable bonds is 6. The van der Waals surface area contributed by atoms with Gasteiger partial charge in [0.05, 0.1) is 6.20 Å². The summed E-state index contributed by atoms with van der Waals surface area (Å²) in [6, 6.07) is 3.87. The minimum absolute atomic E-state index is 0.708. The summed E-state index contributed by atoms with van der Waals surface area (Å²) in [6.45, 7) is 6.96. The van der Waals surface area contributed by atoms with Crippen molar-refractivity contribution in [3.8, 4) is 11.4 Å². The van der Waals surface area contributed by atoms with Gasteiger partial charge in [0, 0.05) is 41.5 Å². The van der Waals surface area contributed by atoms with Gasteiger partial charge in [-0.05, 0) is 51.3 Å². The van der Waals surface area contributed by atoms with Crippen molar-refractivity contribution in [2.75, 3.05) is 11.9 Å². The maximum Gasteiger partial charge on any atom is 0.163 e. The van der Waals surface area contributed by atoms with E-state index in [1.807, 2.05) is 39.1 Å². The lowest BCUT2D eigenvalue weighted by atomic mass is 10.1. The van der Waals surface area contributed by atoms with Gasteiger partial charge in [0.25, 0.3) is 0 Å². The molecule has 0 aromatic carbocycles. The van der Waals surface area contributed by atoms with Crippen molar-refractivity contribution in [2.24, 2.45) is 0 Å². The number of hydrogen-bond donors (Lipinski definition) is 2. The van der Waals surface area contributed by atoms with Gasteiger partial charge in [0.15, 0.2) is 5.82 Å². The van der Waals surface area contributed by atoms with Crippen molar-refractivity contribution in [3.05, 3.63) is 53.2 Å². The summed E-state index contributed by atoms with van der Waals surface area (Å²) in [7, 11) is 0. The Balaban J connectivity index is 1.68. The second kappa shape index (κ2) is 7.21. The summed E-state index contributed by atoms with van der Waals surface area (Å²) in [5.74, 6) is 1.60. The SMILES string of the molecule is Cc1nc(-c2cccnc2)nc(NCCCc2cn[nH]c2C)c1C. The molecule has 0 aliphatic heterocycles. The Morgan fingerprint density at radius 3 is 2.71 bits per heavy atom. The van der Waals surface area contributed by atoms with E-state index in [4.69, 9.17) is 0 Å². The molecule has 3 aromatic rings. The number of nitrogens with one attached hydrogen (secondary N) is 2. The first kappa shape index (κ1) is 16.1. The molecule has 0 amide bonds. The fourth-order valence-electron chi connectivity index (χ4n) is 2.54. The molecule has 0 saturated carbocycles. The van der Waals surface area contributed by atoms with E-state index in [2.05, 4.69) is 30.5 Å². The van der Waals surface area contributed by atoms with E-state index in [-0.39, 0.29) is 0 Å². The van der Waals surface area contributed by atoms with Crippen LogP contribution in [0.15, 0.2) is 30.7 Å². The zero-order valence-corrected chi connectivity index (χ0v) is 14.3. The van der Waals surface area contributed by atoms with Crippen LogP contribution < -0.4 is 5.32 Å². The monoisotopic (exact) mass is 322 g/mol. The van der Waals surface area contributed by atoms with Crippen molar-refractivity contribution in [3.63, 3.8) is 0 Å². The number of pyridine rings is 1.